The van der Waals surface area contributed by atoms with Crippen molar-refractivity contribution in [2.75, 3.05) is 18.0 Å². The molecule has 1 aromatic rings. The van der Waals surface area contributed by atoms with Crippen LogP contribution in [0.25, 0.3) is 0 Å². The fourth-order valence-corrected chi connectivity index (χ4v) is 3.67. The topological polar surface area (TPSA) is 90.0 Å². The third-order valence-electron chi connectivity index (χ3n) is 5.19. The molecule has 0 aromatic heterocycles. The first kappa shape index (κ1) is 19.9. The third-order valence-corrected chi connectivity index (χ3v) is 5.19. The summed E-state index contributed by atoms with van der Waals surface area (Å²) >= 11 is 0. The Hall–Kier alpha value is -2.90. The smallest absolute Gasteiger partial charge is 0.408 e. The van der Waals surface area contributed by atoms with Gasteiger partial charge in [-0.05, 0) is 24.5 Å². The van der Waals surface area contributed by atoms with Crippen LogP contribution in [0.5, 0.6) is 0 Å². The summed E-state index contributed by atoms with van der Waals surface area (Å²) in [5.41, 5.74) is 2.02. The molecule has 2 N–H and O–H groups in total. The Kier molecular flexibility index (Phi) is 5.96. The molecule has 3 atom stereocenters. The van der Waals surface area contributed by atoms with Gasteiger partial charge in [-0.3, -0.25) is 14.5 Å². The standard InChI is InChI=1S/C20H24FN3O4/c1-2-15(22-19(26)17-11-14(21)12-24(17)20(27)28)7-8-18(25)23-10-9-13-5-3-4-6-16(13)23/h3-8,14-15,17H,2,9-12H2,1H3,(H,22,26)(H,27,28)/b8-7+/t14-,15-,17-/m0/s1. The van der Waals surface area contributed by atoms with Crippen molar-refractivity contribution in [2.24, 2.45) is 0 Å². The van der Waals surface area contributed by atoms with Crippen molar-refractivity contribution in [1.29, 1.82) is 0 Å². The van der Waals surface area contributed by atoms with Gasteiger partial charge in [-0.15, -0.1) is 0 Å². The van der Waals surface area contributed by atoms with Crippen LogP contribution < -0.4 is 10.2 Å². The van der Waals surface area contributed by atoms with E-state index in [-0.39, 0.29) is 18.9 Å². The number of halogens is 1. The Morgan fingerprint density at radius 1 is 1.36 bits per heavy atom. The van der Waals surface area contributed by atoms with Gasteiger partial charge in [0.25, 0.3) is 5.91 Å². The van der Waals surface area contributed by atoms with Gasteiger partial charge in [0.2, 0.25) is 5.91 Å². The normalized spacial score (nSPS) is 22.4. The van der Waals surface area contributed by atoms with E-state index in [1.807, 2.05) is 31.2 Å². The number of alkyl halides is 1. The summed E-state index contributed by atoms with van der Waals surface area (Å²) < 4.78 is 13.6. The first-order chi connectivity index (χ1) is 13.4. The number of hydrogen-bond acceptors (Lipinski definition) is 3. The highest BCUT2D eigenvalue weighted by molar-refractivity contribution is 6.03. The number of fused-ring (bicyclic) bond motifs is 1. The summed E-state index contributed by atoms with van der Waals surface area (Å²) in [6.07, 6.45) is 1.55. The van der Waals surface area contributed by atoms with Crippen molar-refractivity contribution in [3.63, 3.8) is 0 Å². The Morgan fingerprint density at radius 3 is 2.82 bits per heavy atom. The van der Waals surface area contributed by atoms with Gasteiger partial charge in [-0.1, -0.05) is 31.2 Å². The number of para-hydroxylation sites is 1. The minimum atomic E-state index is -1.35. The molecule has 1 aromatic carbocycles. The minimum absolute atomic E-state index is 0.151. The molecular formula is C20H24FN3O4. The van der Waals surface area contributed by atoms with Gasteiger partial charge in [0.05, 0.1) is 6.54 Å². The lowest BCUT2D eigenvalue weighted by Gasteiger charge is -2.22. The highest BCUT2D eigenvalue weighted by Gasteiger charge is 2.40. The molecule has 2 heterocycles. The quantitative estimate of drug-likeness (QED) is 0.755. The van der Waals surface area contributed by atoms with Crippen molar-refractivity contribution in [2.45, 2.75) is 44.4 Å². The average molecular weight is 389 g/mol. The Labute approximate surface area is 162 Å². The first-order valence-corrected chi connectivity index (χ1v) is 9.42. The highest BCUT2D eigenvalue weighted by atomic mass is 19.1. The lowest BCUT2D eigenvalue weighted by Crippen LogP contribution is -2.48. The molecule has 8 heteroatoms. The highest BCUT2D eigenvalue weighted by Crippen LogP contribution is 2.27. The number of likely N-dealkylation sites (tertiary alicyclic amines) is 1. The second-order valence-corrected chi connectivity index (χ2v) is 7.03. The SMILES string of the molecule is CC[C@@H](/C=C/C(=O)N1CCc2ccccc21)NC(=O)[C@@H]1C[C@H](F)CN1C(=O)O. The minimum Gasteiger partial charge on any atom is -0.465 e. The molecule has 0 radical (unpaired) electrons. The molecule has 0 bridgehead atoms. The molecule has 0 aliphatic carbocycles. The lowest BCUT2D eigenvalue weighted by molar-refractivity contribution is -0.125. The second kappa shape index (κ2) is 8.41. The van der Waals surface area contributed by atoms with Crippen molar-refractivity contribution >= 4 is 23.6 Å². The lowest BCUT2D eigenvalue weighted by atomic mass is 10.1. The molecule has 0 unspecified atom stereocenters. The van der Waals surface area contributed by atoms with Crippen molar-refractivity contribution in [3.8, 4) is 0 Å². The number of benzene rings is 1. The summed E-state index contributed by atoms with van der Waals surface area (Å²) in [5, 5.41) is 11.8. The Morgan fingerprint density at radius 2 is 2.11 bits per heavy atom. The molecule has 3 rings (SSSR count). The summed E-state index contributed by atoms with van der Waals surface area (Å²) in [7, 11) is 0. The van der Waals surface area contributed by atoms with Gasteiger partial charge >= 0.3 is 6.09 Å². The molecule has 2 aliphatic heterocycles. The fourth-order valence-electron chi connectivity index (χ4n) is 3.67. The predicted molar refractivity (Wildman–Crippen MR) is 102 cm³/mol. The molecule has 150 valence electrons. The molecule has 1 fully saturated rings. The van der Waals surface area contributed by atoms with Gasteiger partial charge in [0.15, 0.2) is 0 Å². The van der Waals surface area contributed by atoms with Crippen LogP contribution in [-0.4, -0.2) is 59.3 Å². The van der Waals surface area contributed by atoms with Crippen LogP contribution in [0.1, 0.15) is 25.3 Å². The summed E-state index contributed by atoms with van der Waals surface area (Å²) in [4.78, 5) is 38.7. The van der Waals surface area contributed by atoms with Gasteiger partial charge in [-0.25, -0.2) is 9.18 Å². The van der Waals surface area contributed by atoms with Crippen LogP contribution in [0.3, 0.4) is 0 Å². The summed E-state index contributed by atoms with van der Waals surface area (Å²) in [6, 6.07) is 6.24. The molecule has 28 heavy (non-hydrogen) atoms. The van der Waals surface area contributed by atoms with E-state index >= 15 is 0 Å². The van der Waals surface area contributed by atoms with E-state index in [4.69, 9.17) is 5.11 Å². The number of carbonyl (C=O) groups excluding carboxylic acids is 2. The number of amides is 3. The maximum atomic E-state index is 13.6. The number of nitrogens with zero attached hydrogens (tertiary/aromatic N) is 2. The predicted octanol–water partition coefficient (Wildman–Crippen LogP) is 2.12. The largest absolute Gasteiger partial charge is 0.465 e. The molecule has 7 nitrogen and oxygen atoms in total. The maximum absolute atomic E-state index is 13.6. The van der Waals surface area contributed by atoms with E-state index in [9.17, 15) is 18.8 Å². The van der Waals surface area contributed by atoms with Crippen molar-refractivity contribution < 1.29 is 23.9 Å². The van der Waals surface area contributed by atoms with E-state index in [0.717, 1.165) is 22.6 Å². The summed E-state index contributed by atoms with van der Waals surface area (Å²) in [5.74, 6) is -0.715. The maximum Gasteiger partial charge on any atom is 0.408 e. The fraction of sp³-hybridized carbons (Fsp3) is 0.450. The van der Waals surface area contributed by atoms with Crippen LogP contribution in [0.2, 0.25) is 0 Å². The zero-order valence-corrected chi connectivity index (χ0v) is 15.7. The third kappa shape index (κ3) is 4.16. The molecule has 1 saturated heterocycles. The van der Waals surface area contributed by atoms with E-state index in [0.29, 0.717) is 13.0 Å². The molecule has 2 aliphatic rings. The van der Waals surface area contributed by atoms with Crippen LogP contribution >= 0.6 is 0 Å². The number of anilines is 1. The zero-order valence-electron chi connectivity index (χ0n) is 15.7. The van der Waals surface area contributed by atoms with Gasteiger partial charge in [0, 0.05) is 30.8 Å². The van der Waals surface area contributed by atoms with E-state index in [1.165, 1.54) is 6.08 Å². The molecule has 3 amide bonds. The Bertz CT molecular complexity index is 797. The second-order valence-electron chi connectivity index (χ2n) is 7.03. The van der Waals surface area contributed by atoms with E-state index < -0.39 is 30.3 Å². The molecule has 0 saturated carbocycles. The van der Waals surface area contributed by atoms with Crippen LogP contribution in [0.15, 0.2) is 36.4 Å². The number of carbonyl (C=O) groups is 3. The number of rotatable bonds is 5. The molecular weight excluding hydrogens is 365 g/mol. The molecule has 0 spiro atoms. The van der Waals surface area contributed by atoms with Gasteiger partial charge < -0.3 is 15.3 Å². The van der Waals surface area contributed by atoms with Crippen LogP contribution in [0, 0.1) is 0 Å². The average Bonchev–Trinajstić information content (AvgIpc) is 3.28. The van der Waals surface area contributed by atoms with Gasteiger partial charge in [0.1, 0.15) is 12.2 Å². The summed E-state index contributed by atoms with van der Waals surface area (Å²) in [6.45, 7) is 2.15. The number of hydrogen-bond donors (Lipinski definition) is 2. The van der Waals surface area contributed by atoms with E-state index in [1.54, 1.807) is 11.0 Å². The van der Waals surface area contributed by atoms with Gasteiger partial charge in [-0.2, -0.15) is 0 Å². The number of carboxylic acid groups (broad SMARTS) is 1. The van der Waals surface area contributed by atoms with Crippen molar-refractivity contribution in [3.05, 3.63) is 42.0 Å². The first-order valence-electron chi connectivity index (χ1n) is 9.42. The zero-order chi connectivity index (χ0) is 20.3. The van der Waals surface area contributed by atoms with Crippen LogP contribution in [-0.2, 0) is 16.0 Å². The van der Waals surface area contributed by atoms with E-state index in [2.05, 4.69) is 5.32 Å². The monoisotopic (exact) mass is 389 g/mol. The Balaban J connectivity index is 1.62. The van der Waals surface area contributed by atoms with Crippen LogP contribution in [0.4, 0.5) is 14.9 Å². The number of nitrogens with one attached hydrogen (secondary N) is 1. The van der Waals surface area contributed by atoms with Crippen molar-refractivity contribution in [1.82, 2.24) is 10.2 Å².